The lowest BCUT2D eigenvalue weighted by Gasteiger charge is -2.05. The maximum Gasteiger partial charge on any atom is 0.269 e. The van der Waals surface area contributed by atoms with Crippen LogP contribution in [-0.2, 0) is 13.5 Å². The first kappa shape index (κ1) is 14.4. The Morgan fingerprint density at radius 1 is 1.08 bits per heavy atom. The molecule has 0 unspecified atom stereocenters. The van der Waals surface area contributed by atoms with Gasteiger partial charge in [0, 0.05) is 41.7 Å². The van der Waals surface area contributed by atoms with E-state index in [2.05, 4.69) is 21.7 Å². The van der Waals surface area contributed by atoms with Crippen molar-refractivity contribution in [3.05, 3.63) is 82.2 Å². The number of para-hydroxylation sites is 1. The summed E-state index contributed by atoms with van der Waals surface area (Å²) in [7, 11) is 2.03. The third kappa shape index (κ3) is 2.22. The summed E-state index contributed by atoms with van der Waals surface area (Å²) in [5.41, 5.74) is 4.32. The topological polar surface area (TPSA) is 61.0 Å². The highest BCUT2D eigenvalue weighted by Crippen LogP contribution is 2.31. The minimum absolute atomic E-state index is 0.116. The molecule has 0 spiro atoms. The van der Waals surface area contributed by atoms with Crippen LogP contribution in [0.1, 0.15) is 11.1 Å². The molecule has 0 aliphatic heterocycles. The third-order valence-corrected chi connectivity index (χ3v) is 4.42. The largest absolute Gasteiger partial charge is 0.342 e. The molecule has 2 aromatic carbocycles. The molecular formula is C19H15N3O2. The molecule has 2 heterocycles. The van der Waals surface area contributed by atoms with E-state index in [-0.39, 0.29) is 10.6 Å². The first-order valence-electron chi connectivity index (χ1n) is 7.68. The van der Waals surface area contributed by atoms with E-state index in [1.54, 1.807) is 12.1 Å². The number of hydrogen-bond acceptors (Lipinski definition) is 3. The molecule has 118 valence electrons. The van der Waals surface area contributed by atoms with Crippen molar-refractivity contribution < 1.29 is 4.92 Å². The van der Waals surface area contributed by atoms with Gasteiger partial charge in [0.2, 0.25) is 0 Å². The molecule has 4 aromatic rings. The van der Waals surface area contributed by atoms with Gasteiger partial charge in [0.1, 0.15) is 0 Å². The van der Waals surface area contributed by atoms with E-state index in [0.717, 1.165) is 27.5 Å². The van der Waals surface area contributed by atoms with Crippen molar-refractivity contribution in [3.8, 4) is 0 Å². The smallest absolute Gasteiger partial charge is 0.269 e. The summed E-state index contributed by atoms with van der Waals surface area (Å²) in [6.07, 6.45) is 4.33. The van der Waals surface area contributed by atoms with Gasteiger partial charge in [-0.25, -0.2) is 0 Å². The SMILES string of the molecule is Cn1c2ccccc2c2c(Cc3cccc([N+](=O)[O-])c3)cncc21. The summed E-state index contributed by atoms with van der Waals surface area (Å²) in [6, 6.07) is 15.0. The van der Waals surface area contributed by atoms with Crippen LogP contribution in [0.3, 0.4) is 0 Å². The Hall–Kier alpha value is -3.21. The molecule has 2 aromatic heterocycles. The van der Waals surface area contributed by atoms with Crippen LogP contribution in [0.2, 0.25) is 0 Å². The van der Waals surface area contributed by atoms with Crippen molar-refractivity contribution >= 4 is 27.5 Å². The minimum Gasteiger partial charge on any atom is -0.342 e. The highest BCUT2D eigenvalue weighted by atomic mass is 16.6. The number of aromatic nitrogens is 2. The average Bonchev–Trinajstić information content (AvgIpc) is 2.89. The van der Waals surface area contributed by atoms with Crippen LogP contribution >= 0.6 is 0 Å². The fourth-order valence-corrected chi connectivity index (χ4v) is 3.30. The predicted molar refractivity (Wildman–Crippen MR) is 94.1 cm³/mol. The number of pyridine rings is 1. The van der Waals surface area contributed by atoms with Gasteiger partial charge in [0.25, 0.3) is 5.69 Å². The van der Waals surface area contributed by atoms with Gasteiger partial charge >= 0.3 is 0 Å². The van der Waals surface area contributed by atoms with Gasteiger partial charge in [-0.05, 0) is 23.6 Å². The molecular weight excluding hydrogens is 302 g/mol. The molecule has 0 radical (unpaired) electrons. The number of non-ortho nitro benzene ring substituents is 1. The number of nitro benzene ring substituents is 1. The van der Waals surface area contributed by atoms with Crippen molar-refractivity contribution in [2.24, 2.45) is 7.05 Å². The Morgan fingerprint density at radius 3 is 2.75 bits per heavy atom. The van der Waals surface area contributed by atoms with Crippen molar-refractivity contribution in [3.63, 3.8) is 0 Å². The van der Waals surface area contributed by atoms with E-state index < -0.39 is 0 Å². The average molecular weight is 317 g/mol. The second kappa shape index (κ2) is 5.45. The Morgan fingerprint density at radius 2 is 1.92 bits per heavy atom. The van der Waals surface area contributed by atoms with Crippen molar-refractivity contribution in [1.82, 2.24) is 9.55 Å². The van der Waals surface area contributed by atoms with E-state index in [0.29, 0.717) is 6.42 Å². The normalized spacial score (nSPS) is 11.2. The molecule has 0 atom stereocenters. The standard InChI is InChI=1S/C19H15N3O2/c1-21-17-8-3-2-7-16(17)19-14(11-20-12-18(19)21)9-13-5-4-6-15(10-13)22(23)24/h2-8,10-12H,9H2,1H3. The first-order valence-corrected chi connectivity index (χ1v) is 7.68. The van der Waals surface area contributed by atoms with Gasteiger partial charge in [-0.15, -0.1) is 0 Å². The Balaban J connectivity index is 1.90. The molecule has 0 amide bonds. The van der Waals surface area contributed by atoms with Gasteiger partial charge in [-0.1, -0.05) is 30.3 Å². The van der Waals surface area contributed by atoms with E-state index in [4.69, 9.17) is 0 Å². The van der Waals surface area contributed by atoms with Crippen LogP contribution < -0.4 is 0 Å². The summed E-state index contributed by atoms with van der Waals surface area (Å²) in [4.78, 5) is 15.0. The van der Waals surface area contributed by atoms with Crippen LogP contribution in [0.15, 0.2) is 60.9 Å². The molecule has 5 nitrogen and oxygen atoms in total. The van der Waals surface area contributed by atoms with Gasteiger partial charge in [0.15, 0.2) is 0 Å². The summed E-state index contributed by atoms with van der Waals surface area (Å²) in [5, 5.41) is 13.3. The second-order valence-electron chi connectivity index (χ2n) is 5.87. The second-order valence-corrected chi connectivity index (χ2v) is 5.87. The maximum absolute atomic E-state index is 11.0. The fraction of sp³-hybridized carbons (Fsp3) is 0.105. The van der Waals surface area contributed by atoms with Crippen LogP contribution in [0.5, 0.6) is 0 Å². The van der Waals surface area contributed by atoms with E-state index >= 15 is 0 Å². The molecule has 0 bridgehead atoms. The summed E-state index contributed by atoms with van der Waals surface area (Å²) < 4.78 is 2.13. The molecule has 0 N–H and O–H groups in total. The van der Waals surface area contributed by atoms with Crippen molar-refractivity contribution in [2.45, 2.75) is 6.42 Å². The highest BCUT2D eigenvalue weighted by Gasteiger charge is 2.13. The van der Waals surface area contributed by atoms with E-state index in [9.17, 15) is 10.1 Å². The molecule has 0 aliphatic rings. The zero-order chi connectivity index (χ0) is 16.7. The monoisotopic (exact) mass is 317 g/mol. The van der Waals surface area contributed by atoms with E-state index in [1.807, 2.05) is 37.6 Å². The number of nitro groups is 1. The molecule has 0 saturated carbocycles. The lowest BCUT2D eigenvalue weighted by Crippen LogP contribution is -1.94. The Bertz CT molecular complexity index is 1080. The number of nitrogens with zero attached hydrogens (tertiary/aromatic N) is 3. The van der Waals surface area contributed by atoms with Gasteiger partial charge in [-0.2, -0.15) is 0 Å². The first-order chi connectivity index (χ1) is 11.6. The quantitative estimate of drug-likeness (QED) is 0.420. The molecule has 0 saturated heterocycles. The van der Waals surface area contributed by atoms with Gasteiger partial charge in [0.05, 0.1) is 16.6 Å². The zero-order valence-corrected chi connectivity index (χ0v) is 13.1. The maximum atomic E-state index is 11.0. The lowest BCUT2D eigenvalue weighted by atomic mass is 10.0. The number of fused-ring (bicyclic) bond motifs is 3. The highest BCUT2D eigenvalue weighted by molar-refractivity contribution is 6.09. The zero-order valence-electron chi connectivity index (χ0n) is 13.1. The number of aryl methyl sites for hydroxylation is 1. The van der Waals surface area contributed by atoms with Crippen LogP contribution in [0, 0.1) is 10.1 Å². The molecule has 5 heteroatoms. The third-order valence-electron chi connectivity index (χ3n) is 4.42. The number of benzene rings is 2. The van der Waals surface area contributed by atoms with Crippen LogP contribution in [0.4, 0.5) is 5.69 Å². The van der Waals surface area contributed by atoms with E-state index in [1.165, 1.54) is 11.5 Å². The predicted octanol–water partition coefficient (Wildman–Crippen LogP) is 4.23. The molecule has 0 fully saturated rings. The van der Waals surface area contributed by atoms with Crippen LogP contribution in [0.25, 0.3) is 21.8 Å². The lowest BCUT2D eigenvalue weighted by molar-refractivity contribution is -0.384. The van der Waals surface area contributed by atoms with Crippen molar-refractivity contribution in [1.29, 1.82) is 0 Å². The minimum atomic E-state index is -0.361. The summed E-state index contributed by atoms with van der Waals surface area (Å²) in [5.74, 6) is 0. The van der Waals surface area contributed by atoms with Crippen molar-refractivity contribution in [2.75, 3.05) is 0 Å². The van der Waals surface area contributed by atoms with Gasteiger partial charge in [-0.3, -0.25) is 15.1 Å². The number of hydrogen-bond donors (Lipinski definition) is 0. The molecule has 4 rings (SSSR count). The summed E-state index contributed by atoms with van der Waals surface area (Å²) >= 11 is 0. The van der Waals surface area contributed by atoms with Crippen LogP contribution in [-0.4, -0.2) is 14.5 Å². The molecule has 0 aliphatic carbocycles. The Kier molecular flexibility index (Phi) is 3.27. The Labute approximate surface area is 138 Å². The molecule has 24 heavy (non-hydrogen) atoms. The fourth-order valence-electron chi connectivity index (χ4n) is 3.30. The summed E-state index contributed by atoms with van der Waals surface area (Å²) in [6.45, 7) is 0. The van der Waals surface area contributed by atoms with Gasteiger partial charge < -0.3 is 4.57 Å². The number of rotatable bonds is 3.